The molecular formula is C15H18O3. The van der Waals surface area contributed by atoms with E-state index in [2.05, 4.69) is 19.1 Å². The van der Waals surface area contributed by atoms with E-state index in [1.807, 2.05) is 6.07 Å². The fraction of sp³-hybridized carbons (Fsp3) is 0.400. The van der Waals surface area contributed by atoms with Gasteiger partial charge in [-0.2, -0.15) is 0 Å². The summed E-state index contributed by atoms with van der Waals surface area (Å²) in [5, 5.41) is 9.25. The van der Waals surface area contributed by atoms with E-state index in [4.69, 9.17) is 4.74 Å². The molecule has 3 nitrogen and oxygen atoms in total. The lowest BCUT2D eigenvalue weighted by molar-refractivity contribution is 0.0693. The van der Waals surface area contributed by atoms with E-state index < -0.39 is 5.97 Å². The second-order valence-electron chi connectivity index (χ2n) is 4.48. The summed E-state index contributed by atoms with van der Waals surface area (Å²) >= 11 is 0. The van der Waals surface area contributed by atoms with Crippen molar-refractivity contribution in [2.24, 2.45) is 0 Å². The first-order chi connectivity index (χ1) is 8.74. The highest BCUT2D eigenvalue weighted by Crippen LogP contribution is 2.37. The lowest BCUT2D eigenvalue weighted by Gasteiger charge is -2.25. The number of allylic oxidation sites excluding steroid dienone is 2. The average molecular weight is 246 g/mol. The van der Waals surface area contributed by atoms with Crippen molar-refractivity contribution in [2.45, 2.75) is 32.1 Å². The van der Waals surface area contributed by atoms with Crippen LogP contribution < -0.4 is 4.74 Å². The van der Waals surface area contributed by atoms with E-state index in [1.165, 1.54) is 0 Å². The van der Waals surface area contributed by atoms with Crippen molar-refractivity contribution < 1.29 is 14.6 Å². The van der Waals surface area contributed by atoms with Crippen LogP contribution in [-0.4, -0.2) is 17.7 Å². The second-order valence-corrected chi connectivity index (χ2v) is 4.48. The van der Waals surface area contributed by atoms with E-state index in [0.717, 1.165) is 24.8 Å². The van der Waals surface area contributed by atoms with Gasteiger partial charge in [-0.3, -0.25) is 0 Å². The van der Waals surface area contributed by atoms with Gasteiger partial charge in [-0.05, 0) is 25.0 Å². The predicted molar refractivity (Wildman–Crippen MR) is 70.3 cm³/mol. The Hall–Kier alpha value is -1.77. The van der Waals surface area contributed by atoms with Crippen LogP contribution in [0.4, 0.5) is 0 Å². The Morgan fingerprint density at radius 1 is 1.56 bits per heavy atom. The van der Waals surface area contributed by atoms with Crippen molar-refractivity contribution in [3.63, 3.8) is 0 Å². The number of unbranched alkanes of at least 4 members (excludes halogenated alkanes) is 1. The molecule has 96 valence electrons. The smallest absolute Gasteiger partial charge is 0.336 e. The lowest BCUT2D eigenvalue weighted by Crippen LogP contribution is -2.16. The first-order valence-corrected chi connectivity index (χ1v) is 6.39. The van der Waals surface area contributed by atoms with Gasteiger partial charge in [-0.1, -0.05) is 31.6 Å². The molecule has 0 aromatic heterocycles. The Morgan fingerprint density at radius 2 is 2.39 bits per heavy atom. The summed E-state index contributed by atoms with van der Waals surface area (Å²) in [5.74, 6) is -0.00820. The number of aromatic carboxylic acids is 1. The van der Waals surface area contributed by atoms with E-state index in [-0.39, 0.29) is 5.92 Å². The maximum Gasteiger partial charge on any atom is 0.336 e. The lowest BCUT2D eigenvalue weighted by atomic mass is 9.88. The number of hydrogen-bond donors (Lipinski definition) is 1. The SMILES string of the molecule is CCC/C=C/C1CCOc2cccc(C(=O)O)c21. The minimum absolute atomic E-state index is 0.160. The molecule has 1 N–H and O–H groups in total. The monoisotopic (exact) mass is 246 g/mol. The molecule has 0 radical (unpaired) electrons. The number of carbonyl (C=O) groups is 1. The summed E-state index contributed by atoms with van der Waals surface area (Å²) in [6, 6.07) is 5.23. The number of fused-ring (bicyclic) bond motifs is 1. The zero-order chi connectivity index (χ0) is 13.0. The molecule has 0 spiro atoms. The molecule has 0 fully saturated rings. The van der Waals surface area contributed by atoms with Gasteiger partial charge in [-0.15, -0.1) is 0 Å². The van der Waals surface area contributed by atoms with Crippen molar-refractivity contribution >= 4 is 5.97 Å². The normalized spacial score (nSPS) is 18.4. The van der Waals surface area contributed by atoms with Crippen LogP contribution in [0.15, 0.2) is 30.4 Å². The molecule has 1 heterocycles. The third kappa shape index (κ3) is 2.55. The fourth-order valence-corrected chi connectivity index (χ4v) is 2.30. The van der Waals surface area contributed by atoms with E-state index >= 15 is 0 Å². The molecule has 2 rings (SSSR count). The van der Waals surface area contributed by atoms with Crippen molar-refractivity contribution in [1.82, 2.24) is 0 Å². The zero-order valence-corrected chi connectivity index (χ0v) is 10.6. The summed E-state index contributed by atoms with van der Waals surface area (Å²) in [4.78, 5) is 11.3. The van der Waals surface area contributed by atoms with Gasteiger partial charge in [-0.25, -0.2) is 4.79 Å². The van der Waals surface area contributed by atoms with Crippen molar-refractivity contribution in [1.29, 1.82) is 0 Å². The Morgan fingerprint density at radius 3 is 3.11 bits per heavy atom. The minimum atomic E-state index is -0.883. The molecule has 18 heavy (non-hydrogen) atoms. The summed E-state index contributed by atoms with van der Waals surface area (Å²) < 4.78 is 5.55. The Kier molecular flexibility index (Phi) is 4.03. The highest BCUT2D eigenvalue weighted by Gasteiger charge is 2.24. The zero-order valence-electron chi connectivity index (χ0n) is 10.6. The average Bonchev–Trinajstić information content (AvgIpc) is 2.38. The van der Waals surface area contributed by atoms with Crippen molar-refractivity contribution in [3.05, 3.63) is 41.5 Å². The maximum atomic E-state index is 11.3. The topological polar surface area (TPSA) is 46.5 Å². The molecule has 1 aromatic rings. The van der Waals surface area contributed by atoms with Crippen LogP contribution >= 0.6 is 0 Å². The molecule has 1 aliphatic heterocycles. The fourth-order valence-electron chi connectivity index (χ4n) is 2.30. The Labute approximate surface area is 107 Å². The van der Waals surface area contributed by atoms with Crippen LogP contribution in [-0.2, 0) is 0 Å². The minimum Gasteiger partial charge on any atom is -0.493 e. The van der Waals surface area contributed by atoms with Crippen LogP contribution in [0.5, 0.6) is 5.75 Å². The number of carboxylic acid groups (broad SMARTS) is 1. The first kappa shape index (κ1) is 12.7. The molecule has 1 atom stereocenters. The number of hydrogen-bond acceptors (Lipinski definition) is 2. The third-order valence-electron chi connectivity index (χ3n) is 3.18. The first-order valence-electron chi connectivity index (χ1n) is 6.39. The highest BCUT2D eigenvalue weighted by atomic mass is 16.5. The number of benzene rings is 1. The van der Waals surface area contributed by atoms with Gasteiger partial charge in [0, 0.05) is 11.5 Å². The van der Waals surface area contributed by atoms with Gasteiger partial charge in [0.25, 0.3) is 0 Å². The molecule has 0 bridgehead atoms. The number of ether oxygens (including phenoxy) is 1. The Balaban J connectivity index is 2.37. The number of carboxylic acids is 1. The maximum absolute atomic E-state index is 11.3. The van der Waals surface area contributed by atoms with Crippen LogP contribution in [0.1, 0.15) is 48.0 Å². The molecule has 1 aliphatic rings. The third-order valence-corrected chi connectivity index (χ3v) is 3.18. The van der Waals surface area contributed by atoms with Gasteiger partial charge >= 0.3 is 5.97 Å². The predicted octanol–water partition coefficient (Wildman–Crippen LogP) is 3.61. The van der Waals surface area contributed by atoms with E-state index in [0.29, 0.717) is 17.9 Å². The van der Waals surface area contributed by atoms with Gasteiger partial charge in [0.1, 0.15) is 5.75 Å². The summed E-state index contributed by atoms with van der Waals surface area (Å²) in [7, 11) is 0. The Bertz CT molecular complexity index is 463. The highest BCUT2D eigenvalue weighted by molar-refractivity contribution is 5.90. The van der Waals surface area contributed by atoms with Crippen LogP contribution in [0, 0.1) is 0 Å². The van der Waals surface area contributed by atoms with Gasteiger partial charge in [0.15, 0.2) is 0 Å². The molecule has 1 unspecified atom stereocenters. The van der Waals surface area contributed by atoms with Crippen LogP contribution in [0.25, 0.3) is 0 Å². The standard InChI is InChI=1S/C15H18O3/c1-2-3-4-6-11-9-10-18-13-8-5-7-12(14(11)13)15(16)17/h4-8,11H,2-3,9-10H2,1H3,(H,16,17)/b6-4+. The molecular weight excluding hydrogens is 228 g/mol. The van der Waals surface area contributed by atoms with Crippen LogP contribution in [0.3, 0.4) is 0 Å². The van der Waals surface area contributed by atoms with Gasteiger partial charge < -0.3 is 9.84 Å². The van der Waals surface area contributed by atoms with Crippen LogP contribution in [0.2, 0.25) is 0 Å². The summed E-state index contributed by atoms with van der Waals surface area (Å²) in [5.41, 5.74) is 1.18. The molecule has 1 aromatic carbocycles. The largest absolute Gasteiger partial charge is 0.493 e. The molecule has 3 heteroatoms. The summed E-state index contributed by atoms with van der Waals surface area (Å²) in [6.45, 7) is 2.78. The van der Waals surface area contributed by atoms with E-state index in [1.54, 1.807) is 12.1 Å². The van der Waals surface area contributed by atoms with Gasteiger partial charge in [0.2, 0.25) is 0 Å². The van der Waals surface area contributed by atoms with E-state index in [9.17, 15) is 9.90 Å². The molecule has 0 amide bonds. The molecule has 0 aliphatic carbocycles. The molecule has 0 saturated carbocycles. The molecule has 0 saturated heterocycles. The van der Waals surface area contributed by atoms with Gasteiger partial charge in [0.05, 0.1) is 12.2 Å². The van der Waals surface area contributed by atoms with Crippen molar-refractivity contribution in [2.75, 3.05) is 6.61 Å². The number of rotatable bonds is 4. The van der Waals surface area contributed by atoms with Crippen molar-refractivity contribution in [3.8, 4) is 5.75 Å². The summed E-state index contributed by atoms with van der Waals surface area (Å²) in [6.07, 6.45) is 7.24. The quantitative estimate of drug-likeness (QED) is 0.825. The second kappa shape index (κ2) is 5.71.